The quantitative estimate of drug-likeness (QED) is 0.167. The third-order valence-electron chi connectivity index (χ3n) is 10.3. The van der Waals surface area contributed by atoms with Gasteiger partial charge in [0.25, 0.3) is 0 Å². The highest BCUT2D eigenvalue weighted by molar-refractivity contribution is 6.12. The van der Waals surface area contributed by atoms with Gasteiger partial charge in [-0.05, 0) is 107 Å². The average molecular weight is 718 g/mol. The normalized spacial score (nSPS) is 11.6. The Bertz CT molecular complexity index is 3200. The van der Waals surface area contributed by atoms with Crippen molar-refractivity contribution in [3.63, 3.8) is 0 Å². The maximum absolute atomic E-state index is 13.7. The molecule has 2 heterocycles. The molecule has 0 unspecified atom stereocenters. The fourth-order valence-electron chi connectivity index (χ4n) is 7.87. The Morgan fingerprint density at radius 1 is 0.545 bits per heavy atom. The molecule has 0 bridgehead atoms. The third-order valence-corrected chi connectivity index (χ3v) is 10.3. The Kier molecular flexibility index (Phi) is 7.57. The molecule has 9 aromatic rings. The lowest BCUT2D eigenvalue weighted by atomic mass is 9.93. The van der Waals surface area contributed by atoms with Crippen molar-refractivity contribution in [2.45, 2.75) is 13.1 Å². The van der Waals surface area contributed by atoms with Crippen LogP contribution in [-0.2, 0) is 6.18 Å². The Morgan fingerprint density at radius 3 is 1.78 bits per heavy atom. The standard InChI is InChI=1S/C47H26F3N5/c1-28-22-31(47(48,49)50)14-18-34(28)30-13-17-37(46(24-30)55-42-11-7-5-9-36(42)39-25-32(52-2)16-21-45(39)55)40-26-33(53-3)15-20-44(40)54-41-10-6-4-8-35(41)38-23-29(27-51)12-19-43(38)54/h4-26H,1H3. The molecule has 0 atom stereocenters. The zero-order chi connectivity index (χ0) is 38.0. The van der Waals surface area contributed by atoms with E-state index in [4.69, 9.17) is 13.1 Å². The number of aryl methyl sites for hydroxylation is 1. The number of hydrogen-bond donors (Lipinski definition) is 0. The number of nitriles is 1. The SMILES string of the molecule is [C-]#[N+]c1ccc(-n2c3ccccc3c3cc(C#N)ccc32)c(-c2ccc(-c3ccc(C(F)(F)F)cc3C)cc2-n2c3ccccc3c3cc([N+]#[C-])ccc32)c1. The molecule has 0 fully saturated rings. The highest BCUT2D eigenvalue weighted by Crippen LogP contribution is 2.44. The van der Waals surface area contributed by atoms with Gasteiger partial charge in [-0.3, -0.25) is 0 Å². The molecule has 9 rings (SSSR count). The third kappa shape index (κ3) is 5.30. The van der Waals surface area contributed by atoms with Gasteiger partial charge in [0.1, 0.15) is 0 Å². The Labute approximate surface area is 313 Å². The van der Waals surface area contributed by atoms with E-state index < -0.39 is 11.7 Å². The van der Waals surface area contributed by atoms with Gasteiger partial charge in [0.05, 0.1) is 63.8 Å². The van der Waals surface area contributed by atoms with E-state index in [-0.39, 0.29) is 0 Å². The molecule has 0 amide bonds. The maximum Gasteiger partial charge on any atom is 0.416 e. The molecule has 8 heteroatoms. The fourth-order valence-corrected chi connectivity index (χ4v) is 7.87. The van der Waals surface area contributed by atoms with Gasteiger partial charge in [-0.1, -0.05) is 66.7 Å². The van der Waals surface area contributed by atoms with Gasteiger partial charge in [0.15, 0.2) is 11.4 Å². The maximum atomic E-state index is 13.7. The number of para-hydroxylation sites is 2. The van der Waals surface area contributed by atoms with Crippen LogP contribution in [0.2, 0.25) is 0 Å². The molecule has 0 radical (unpaired) electrons. The van der Waals surface area contributed by atoms with Crippen molar-refractivity contribution in [2.24, 2.45) is 0 Å². The van der Waals surface area contributed by atoms with Crippen LogP contribution < -0.4 is 0 Å². The minimum atomic E-state index is -4.47. The molecule has 55 heavy (non-hydrogen) atoms. The summed E-state index contributed by atoms with van der Waals surface area (Å²) < 4.78 is 45.5. The van der Waals surface area contributed by atoms with Crippen LogP contribution in [0.15, 0.2) is 140 Å². The number of halogens is 3. The minimum absolute atomic E-state index is 0.434. The number of benzene rings is 7. The van der Waals surface area contributed by atoms with E-state index in [1.165, 1.54) is 12.1 Å². The van der Waals surface area contributed by atoms with Crippen LogP contribution >= 0.6 is 0 Å². The number of rotatable bonds is 4. The van der Waals surface area contributed by atoms with Crippen LogP contribution in [0.3, 0.4) is 0 Å². The van der Waals surface area contributed by atoms with Gasteiger partial charge in [0.2, 0.25) is 0 Å². The topological polar surface area (TPSA) is 42.4 Å². The zero-order valence-electron chi connectivity index (χ0n) is 29.1. The lowest BCUT2D eigenvalue weighted by molar-refractivity contribution is -0.137. The summed E-state index contributed by atoms with van der Waals surface area (Å²) in [6.07, 6.45) is -4.47. The molecule has 0 aliphatic heterocycles. The number of hydrogen-bond acceptors (Lipinski definition) is 1. The minimum Gasteiger partial charge on any atom is -0.309 e. The molecule has 0 aliphatic rings. The summed E-state index contributed by atoms with van der Waals surface area (Å²) in [7, 11) is 0. The second-order valence-electron chi connectivity index (χ2n) is 13.4. The lowest BCUT2D eigenvalue weighted by Crippen LogP contribution is -2.05. The van der Waals surface area contributed by atoms with Gasteiger partial charge in [-0.15, -0.1) is 0 Å². The molecular formula is C47H26F3N5. The van der Waals surface area contributed by atoms with E-state index >= 15 is 0 Å². The summed E-state index contributed by atoms with van der Waals surface area (Å²) in [4.78, 5) is 7.51. The predicted molar refractivity (Wildman–Crippen MR) is 213 cm³/mol. The number of nitrogens with zero attached hydrogens (tertiary/aromatic N) is 5. The number of alkyl halides is 3. The van der Waals surface area contributed by atoms with Gasteiger partial charge in [0, 0.05) is 21.7 Å². The molecule has 0 spiro atoms. The molecular weight excluding hydrogens is 692 g/mol. The van der Waals surface area contributed by atoms with Crippen molar-refractivity contribution in [3.05, 3.63) is 179 Å². The van der Waals surface area contributed by atoms with Crippen LogP contribution in [0.25, 0.3) is 86.9 Å². The monoisotopic (exact) mass is 717 g/mol. The highest BCUT2D eigenvalue weighted by atomic mass is 19.4. The van der Waals surface area contributed by atoms with Crippen molar-refractivity contribution in [1.29, 1.82) is 5.26 Å². The van der Waals surface area contributed by atoms with Crippen molar-refractivity contribution >= 4 is 55.0 Å². The van der Waals surface area contributed by atoms with Crippen LogP contribution in [0.5, 0.6) is 0 Å². The van der Waals surface area contributed by atoms with E-state index in [2.05, 4.69) is 24.9 Å². The predicted octanol–water partition coefficient (Wildman–Crippen LogP) is 13.5. The van der Waals surface area contributed by atoms with E-state index in [0.29, 0.717) is 28.1 Å². The molecule has 0 saturated carbocycles. The van der Waals surface area contributed by atoms with E-state index in [1.54, 1.807) is 25.1 Å². The molecule has 0 aliphatic carbocycles. The first-order valence-electron chi connectivity index (χ1n) is 17.4. The van der Waals surface area contributed by atoms with E-state index in [0.717, 1.165) is 77.7 Å². The van der Waals surface area contributed by atoms with E-state index in [1.807, 2.05) is 103 Å². The summed E-state index contributed by atoms with van der Waals surface area (Å²) in [5.74, 6) is 0. The summed E-state index contributed by atoms with van der Waals surface area (Å²) in [6.45, 7) is 17.4. The summed E-state index contributed by atoms with van der Waals surface area (Å²) >= 11 is 0. The smallest absolute Gasteiger partial charge is 0.309 e. The van der Waals surface area contributed by atoms with Crippen molar-refractivity contribution < 1.29 is 13.2 Å². The molecule has 0 saturated heterocycles. The molecule has 2 aromatic heterocycles. The van der Waals surface area contributed by atoms with Gasteiger partial charge >= 0.3 is 6.18 Å². The molecule has 7 aromatic carbocycles. The summed E-state index contributed by atoms with van der Waals surface area (Å²) in [5, 5.41) is 13.5. The number of fused-ring (bicyclic) bond motifs is 6. The zero-order valence-corrected chi connectivity index (χ0v) is 29.1. The molecule has 260 valence electrons. The summed E-state index contributed by atoms with van der Waals surface area (Å²) in [6, 6.07) is 44.7. The Hall–Kier alpha value is -7.60. The summed E-state index contributed by atoms with van der Waals surface area (Å²) in [5.41, 5.74) is 9.26. The van der Waals surface area contributed by atoms with Gasteiger partial charge in [-0.25, -0.2) is 9.69 Å². The first-order chi connectivity index (χ1) is 26.7. The van der Waals surface area contributed by atoms with Crippen LogP contribution in [-0.4, -0.2) is 9.13 Å². The lowest BCUT2D eigenvalue weighted by Gasteiger charge is -2.20. The molecule has 5 nitrogen and oxygen atoms in total. The number of aromatic nitrogens is 2. The Balaban J connectivity index is 1.40. The average Bonchev–Trinajstić information content (AvgIpc) is 3.72. The fraction of sp³-hybridized carbons (Fsp3) is 0.0426. The molecule has 0 N–H and O–H groups in total. The van der Waals surface area contributed by atoms with Crippen molar-refractivity contribution in [1.82, 2.24) is 9.13 Å². The van der Waals surface area contributed by atoms with Gasteiger partial charge in [-0.2, -0.15) is 18.4 Å². The first-order valence-corrected chi connectivity index (χ1v) is 17.4. The van der Waals surface area contributed by atoms with Gasteiger partial charge < -0.3 is 9.13 Å². The second kappa shape index (κ2) is 12.5. The highest BCUT2D eigenvalue weighted by Gasteiger charge is 2.31. The Morgan fingerprint density at radius 2 is 1.13 bits per heavy atom. The van der Waals surface area contributed by atoms with Crippen LogP contribution in [0, 0.1) is 31.4 Å². The van der Waals surface area contributed by atoms with Crippen molar-refractivity contribution in [2.75, 3.05) is 0 Å². The van der Waals surface area contributed by atoms with Crippen molar-refractivity contribution in [3.8, 4) is 39.7 Å². The second-order valence-corrected chi connectivity index (χ2v) is 13.4. The van der Waals surface area contributed by atoms with Crippen LogP contribution in [0.1, 0.15) is 16.7 Å². The largest absolute Gasteiger partial charge is 0.416 e. The van der Waals surface area contributed by atoms with E-state index in [9.17, 15) is 18.4 Å². The van der Waals surface area contributed by atoms with Crippen LogP contribution in [0.4, 0.5) is 24.5 Å². The first kappa shape index (κ1) is 33.3.